The second-order valence-corrected chi connectivity index (χ2v) is 6.86. The lowest BCUT2D eigenvalue weighted by Crippen LogP contribution is -2.22. The first-order valence-corrected chi connectivity index (χ1v) is 8.87. The third kappa shape index (κ3) is 3.06. The largest absolute Gasteiger partial charge is 0.303 e. The van der Waals surface area contributed by atoms with Crippen molar-refractivity contribution in [3.05, 3.63) is 106 Å². The van der Waals surface area contributed by atoms with E-state index in [1.165, 1.54) is 5.56 Å². The van der Waals surface area contributed by atoms with Gasteiger partial charge in [-0.05, 0) is 42.5 Å². The Morgan fingerprint density at radius 2 is 1.46 bits per heavy atom. The van der Waals surface area contributed by atoms with Crippen molar-refractivity contribution in [2.45, 2.75) is 20.4 Å². The van der Waals surface area contributed by atoms with Gasteiger partial charge in [-0.2, -0.15) is 0 Å². The summed E-state index contributed by atoms with van der Waals surface area (Å²) in [5, 5.41) is 1.76. The van der Waals surface area contributed by atoms with Gasteiger partial charge in [0.25, 0.3) is 5.56 Å². The minimum atomic E-state index is 0.0573. The molecule has 4 rings (SSSR count). The van der Waals surface area contributed by atoms with Crippen LogP contribution in [0.2, 0.25) is 0 Å². The topological polar surface area (TPSA) is 22.0 Å². The third-order valence-corrected chi connectivity index (χ3v) is 4.80. The van der Waals surface area contributed by atoms with Gasteiger partial charge >= 0.3 is 0 Å². The van der Waals surface area contributed by atoms with Gasteiger partial charge in [0.1, 0.15) is 0 Å². The van der Waals surface area contributed by atoms with Crippen LogP contribution in [-0.2, 0) is 6.54 Å². The zero-order chi connectivity index (χ0) is 18.1. The van der Waals surface area contributed by atoms with Gasteiger partial charge in [-0.25, -0.2) is 0 Å². The van der Waals surface area contributed by atoms with E-state index >= 15 is 0 Å². The highest BCUT2D eigenvalue weighted by atomic mass is 16.1. The predicted octanol–water partition coefficient (Wildman–Crippen LogP) is 5.33. The maximum atomic E-state index is 13.3. The van der Waals surface area contributed by atoms with Crippen molar-refractivity contribution >= 4 is 10.8 Å². The van der Waals surface area contributed by atoms with E-state index in [1.807, 2.05) is 34.9 Å². The van der Waals surface area contributed by atoms with Crippen LogP contribution in [0.25, 0.3) is 22.0 Å². The normalized spacial score (nSPS) is 11.0. The molecule has 0 radical (unpaired) electrons. The molecule has 3 aromatic carbocycles. The molecule has 4 aromatic rings. The second kappa shape index (κ2) is 6.64. The Kier molecular flexibility index (Phi) is 4.18. The maximum absolute atomic E-state index is 13.3. The summed E-state index contributed by atoms with van der Waals surface area (Å²) >= 11 is 0. The molecule has 1 heterocycles. The fourth-order valence-corrected chi connectivity index (χ4v) is 3.36. The van der Waals surface area contributed by atoms with Crippen molar-refractivity contribution < 1.29 is 0 Å². The number of hydrogen-bond donors (Lipinski definition) is 0. The fourth-order valence-electron chi connectivity index (χ4n) is 3.36. The number of hydrogen-bond acceptors (Lipinski definition) is 1. The molecule has 0 unspecified atom stereocenters. The highest BCUT2D eigenvalue weighted by Gasteiger charge is 2.11. The minimum Gasteiger partial charge on any atom is -0.303 e. The zero-order valence-corrected chi connectivity index (χ0v) is 15.1. The lowest BCUT2D eigenvalue weighted by Gasteiger charge is -2.15. The lowest BCUT2D eigenvalue weighted by atomic mass is 10.0. The molecule has 128 valence electrons. The van der Waals surface area contributed by atoms with Gasteiger partial charge in [-0.3, -0.25) is 4.79 Å². The van der Waals surface area contributed by atoms with E-state index in [9.17, 15) is 4.79 Å². The fraction of sp³-hybridized carbons (Fsp3) is 0.125. The first kappa shape index (κ1) is 16.3. The molecule has 0 aliphatic carbocycles. The molecule has 0 amide bonds. The first-order chi connectivity index (χ1) is 12.6. The van der Waals surface area contributed by atoms with Crippen LogP contribution in [0.4, 0.5) is 0 Å². The minimum absolute atomic E-state index is 0.0573. The summed E-state index contributed by atoms with van der Waals surface area (Å²) in [6.07, 6.45) is 0. The molecule has 2 heteroatoms. The molecular formula is C24H21NO. The van der Waals surface area contributed by atoms with Crippen molar-refractivity contribution in [2.75, 3.05) is 0 Å². The van der Waals surface area contributed by atoms with Crippen LogP contribution in [-0.4, -0.2) is 4.57 Å². The van der Waals surface area contributed by atoms with Gasteiger partial charge in [-0.15, -0.1) is 0 Å². The molecule has 0 saturated carbocycles. The van der Waals surface area contributed by atoms with Crippen LogP contribution in [0.15, 0.2) is 83.7 Å². The van der Waals surface area contributed by atoms with Gasteiger partial charge < -0.3 is 4.57 Å². The molecule has 1 aromatic heterocycles. The van der Waals surface area contributed by atoms with Gasteiger partial charge in [0.15, 0.2) is 0 Å². The van der Waals surface area contributed by atoms with Crippen LogP contribution in [0.3, 0.4) is 0 Å². The summed E-state index contributed by atoms with van der Waals surface area (Å²) in [5.41, 5.74) is 5.57. The highest BCUT2D eigenvalue weighted by Crippen LogP contribution is 2.24. The second-order valence-electron chi connectivity index (χ2n) is 6.86. The van der Waals surface area contributed by atoms with E-state index < -0.39 is 0 Å². The highest BCUT2D eigenvalue weighted by molar-refractivity contribution is 5.86. The van der Waals surface area contributed by atoms with Crippen molar-refractivity contribution in [3.63, 3.8) is 0 Å². The van der Waals surface area contributed by atoms with E-state index in [1.54, 1.807) is 0 Å². The van der Waals surface area contributed by atoms with Gasteiger partial charge in [0.05, 0.1) is 12.2 Å². The molecule has 0 aliphatic heterocycles. The number of benzene rings is 3. The summed E-state index contributed by atoms with van der Waals surface area (Å²) in [6.45, 7) is 4.69. The van der Waals surface area contributed by atoms with Gasteiger partial charge in [0, 0.05) is 5.39 Å². The Balaban J connectivity index is 1.96. The number of aryl methyl sites for hydroxylation is 2. The van der Waals surface area contributed by atoms with Crippen LogP contribution >= 0.6 is 0 Å². The average molecular weight is 339 g/mol. The van der Waals surface area contributed by atoms with E-state index in [2.05, 4.69) is 62.4 Å². The molecule has 26 heavy (non-hydrogen) atoms. The molecular weight excluding hydrogens is 318 g/mol. The van der Waals surface area contributed by atoms with E-state index in [4.69, 9.17) is 0 Å². The third-order valence-electron chi connectivity index (χ3n) is 4.80. The monoisotopic (exact) mass is 339 g/mol. The molecule has 0 fully saturated rings. The van der Waals surface area contributed by atoms with E-state index in [-0.39, 0.29) is 5.56 Å². The first-order valence-electron chi connectivity index (χ1n) is 8.87. The predicted molar refractivity (Wildman–Crippen MR) is 109 cm³/mol. The Morgan fingerprint density at radius 1 is 0.769 bits per heavy atom. The maximum Gasteiger partial charge on any atom is 0.259 e. The smallest absolute Gasteiger partial charge is 0.259 e. The van der Waals surface area contributed by atoms with Gasteiger partial charge in [-0.1, -0.05) is 77.9 Å². The van der Waals surface area contributed by atoms with Crippen LogP contribution in [0.1, 0.15) is 16.7 Å². The Bertz CT molecular complexity index is 1120. The van der Waals surface area contributed by atoms with Crippen LogP contribution in [0, 0.1) is 13.8 Å². The number of rotatable bonds is 3. The summed E-state index contributed by atoms with van der Waals surface area (Å²) in [7, 11) is 0. The Hall–Kier alpha value is -3.13. The number of pyridine rings is 1. The Morgan fingerprint density at radius 3 is 2.19 bits per heavy atom. The van der Waals surface area contributed by atoms with Crippen molar-refractivity contribution in [2.24, 2.45) is 0 Å². The molecule has 0 atom stereocenters. The number of fused-ring (bicyclic) bond motifs is 1. The summed E-state index contributed by atoms with van der Waals surface area (Å²) in [5.74, 6) is 0. The van der Waals surface area contributed by atoms with Crippen LogP contribution in [0.5, 0.6) is 0 Å². The van der Waals surface area contributed by atoms with Crippen molar-refractivity contribution in [3.8, 4) is 11.3 Å². The van der Waals surface area contributed by atoms with E-state index in [0.29, 0.717) is 6.54 Å². The Labute approximate surface area is 153 Å². The zero-order valence-electron chi connectivity index (χ0n) is 15.1. The summed E-state index contributed by atoms with van der Waals surface area (Å²) in [6, 6.07) is 26.7. The summed E-state index contributed by atoms with van der Waals surface area (Å²) in [4.78, 5) is 13.3. The molecule has 0 bridgehead atoms. The molecule has 0 aliphatic rings. The molecule has 0 saturated heterocycles. The lowest BCUT2D eigenvalue weighted by molar-refractivity contribution is 0.776. The van der Waals surface area contributed by atoms with Crippen LogP contribution < -0.4 is 5.56 Å². The van der Waals surface area contributed by atoms with Gasteiger partial charge in [0.2, 0.25) is 0 Å². The number of nitrogens with zero attached hydrogens (tertiary/aromatic N) is 1. The standard InChI is InChI=1S/C24H21NO/c1-17-8-11-19(12-9-17)16-25-23(20-6-4-3-5-7-20)15-21-14-18(2)10-13-22(21)24(25)26/h3-15H,16H2,1-2H3. The molecule has 0 spiro atoms. The SMILES string of the molecule is Cc1ccc(Cn2c(-c3ccccc3)cc3cc(C)ccc3c2=O)cc1. The quantitative estimate of drug-likeness (QED) is 0.494. The van der Waals surface area contributed by atoms with Crippen molar-refractivity contribution in [1.82, 2.24) is 4.57 Å². The molecule has 0 N–H and O–H groups in total. The molecule has 2 nitrogen and oxygen atoms in total. The van der Waals surface area contributed by atoms with E-state index in [0.717, 1.165) is 33.2 Å². The average Bonchev–Trinajstić information content (AvgIpc) is 2.66. The summed E-state index contributed by atoms with van der Waals surface area (Å²) < 4.78 is 1.89. The van der Waals surface area contributed by atoms with Crippen molar-refractivity contribution in [1.29, 1.82) is 0 Å². The number of aromatic nitrogens is 1.